The fourth-order valence-electron chi connectivity index (χ4n) is 1.71. The minimum Gasteiger partial charge on any atom is -0.516 e. The van der Waals surface area contributed by atoms with Crippen molar-refractivity contribution < 1.29 is 5.11 Å². The molecule has 1 unspecified atom stereocenters. The van der Waals surface area contributed by atoms with Gasteiger partial charge in [0.05, 0.1) is 6.26 Å². The summed E-state index contributed by atoms with van der Waals surface area (Å²) in [5, 5.41) is 8.57. The van der Waals surface area contributed by atoms with Gasteiger partial charge in [0.15, 0.2) is 0 Å². The third-order valence-corrected chi connectivity index (χ3v) is 2.46. The molecule has 1 N–H and O–H groups in total. The Balaban J connectivity index is 4.32. The Morgan fingerprint density at radius 1 is 1.31 bits per heavy atom. The van der Waals surface area contributed by atoms with Gasteiger partial charge in [-0.25, -0.2) is 0 Å². The molecule has 0 rings (SSSR count). The van der Waals surface area contributed by atoms with Crippen LogP contribution in [0.15, 0.2) is 24.0 Å². The fraction of sp³-hybridized carbons (Fsp3) is 0.667. The van der Waals surface area contributed by atoms with Crippen LogP contribution >= 0.6 is 0 Å². The van der Waals surface area contributed by atoms with E-state index in [1.165, 1.54) is 24.8 Å². The average molecular weight is 182 g/mol. The molecule has 0 aliphatic rings. The van der Waals surface area contributed by atoms with Crippen LogP contribution in [0.2, 0.25) is 0 Å². The van der Waals surface area contributed by atoms with Crippen LogP contribution in [-0.2, 0) is 0 Å². The van der Waals surface area contributed by atoms with Crippen LogP contribution in [0.5, 0.6) is 0 Å². The van der Waals surface area contributed by atoms with Crippen LogP contribution in [0.3, 0.4) is 0 Å². The first-order valence-corrected chi connectivity index (χ1v) is 5.29. The summed E-state index contributed by atoms with van der Waals surface area (Å²) < 4.78 is 0. The van der Waals surface area contributed by atoms with Crippen molar-refractivity contribution in [1.82, 2.24) is 0 Å². The second kappa shape index (κ2) is 7.90. The molecule has 0 fully saturated rings. The first-order chi connectivity index (χ1) is 6.29. The summed E-state index contributed by atoms with van der Waals surface area (Å²) in [5.41, 5.74) is 1.45. The molecule has 0 aromatic carbocycles. The Bertz CT molecular complexity index is 168. The Morgan fingerprint density at radius 3 is 2.38 bits per heavy atom. The lowest BCUT2D eigenvalue weighted by molar-refractivity contribution is 0.473. The summed E-state index contributed by atoms with van der Waals surface area (Å²) in [5.74, 6) is 0.700. The van der Waals surface area contributed by atoms with Crippen molar-refractivity contribution in [1.29, 1.82) is 0 Å². The van der Waals surface area contributed by atoms with Crippen molar-refractivity contribution >= 4 is 0 Å². The number of hydrogen-bond acceptors (Lipinski definition) is 1. The van der Waals surface area contributed by atoms with Crippen molar-refractivity contribution in [2.45, 2.75) is 46.5 Å². The van der Waals surface area contributed by atoms with E-state index in [9.17, 15) is 0 Å². The molecule has 0 spiro atoms. The van der Waals surface area contributed by atoms with Crippen LogP contribution < -0.4 is 0 Å². The van der Waals surface area contributed by atoms with Gasteiger partial charge in [0.2, 0.25) is 0 Å². The van der Waals surface area contributed by atoms with E-state index < -0.39 is 0 Å². The number of rotatable bonds is 6. The molecule has 0 amide bonds. The Kier molecular flexibility index (Phi) is 7.47. The van der Waals surface area contributed by atoms with Gasteiger partial charge in [0, 0.05) is 0 Å². The summed E-state index contributed by atoms with van der Waals surface area (Å²) in [4.78, 5) is 0. The molecule has 0 radical (unpaired) electrons. The number of aliphatic hydroxyl groups excluding tert-OH is 1. The molecule has 0 aliphatic heterocycles. The summed E-state index contributed by atoms with van der Waals surface area (Å²) in [6.07, 6.45) is 9.65. The van der Waals surface area contributed by atoms with Gasteiger partial charge in [-0.15, -0.1) is 0 Å². The second-order valence-electron chi connectivity index (χ2n) is 3.33. The number of hydrogen-bond donors (Lipinski definition) is 1. The van der Waals surface area contributed by atoms with E-state index >= 15 is 0 Å². The van der Waals surface area contributed by atoms with Crippen LogP contribution in [0.1, 0.15) is 46.5 Å². The monoisotopic (exact) mass is 182 g/mol. The number of allylic oxidation sites excluding steroid dienone is 3. The molecular weight excluding hydrogens is 160 g/mol. The first-order valence-electron chi connectivity index (χ1n) is 5.29. The molecule has 0 aliphatic carbocycles. The van der Waals surface area contributed by atoms with Crippen LogP contribution in [0, 0.1) is 5.92 Å². The lowest BCUT2D eigenvalue weighted by Gasteiger charge is -2.16. The van der Waals surface area contributed by atoms with E-state index in [4.69, 9.17) is 5.11 Å². The fourth-order valence-corrected chi connectivity index (χ4v) is 1.71. The zero-order chi connectivity index (χ0) is 10.1. The maximum Gasteiger partial charge on any atom is 0.0791 e. The Labute approximate surface area is 82.2 Å². The van der Waals surface area contributed by atoms with Gasteiger partial charge in [-0.3, -0.25) is 0 Å². The lowest BCUT2D eigenvalue weighted by Crippen LogP contribution is -2.01. The molecular formula is C12H22O. The summed E-state index contributed by atoms with van der Waals surface area (Å²) in [7, 11) is 0. The molecule has 76 valence electrons. The molecule has 0 aromatic heterocycles. The minimum atomic E-state index is 0.700. The van der Waals surface area contributed by atoms with Gasteiger partial charge >= 0.3 is 0 Å². The third kappa shape index (κ3) is 4.76. The second-order valence-corrected chi connectivity index (χ2v) is 3.33. The van der Waals surface area contributed by atoms with E-state index in [0.29, 0.717) is 5.92 Å². The zero-order valence-corrected chi connectivity index (χ0v) is 9.09. The van der Waals surface area contributed by atoms with Crippen molar-refractivity contribution in [3.05, 3.63) is 24.0 Å². The van der Waals surface area contributed by atoms with Gasteiger partial charge in [-0.05, 0) is 31.3 Å². The van der Waals surface area contributed by atoms with Crippen LogP contribution in [-0.4, -0.2) is 5.11 Å². The van der Waals surface area contributed by atoms with Crippen LogP contribution in [0.25, 0.3) is 0 Å². The maximum absolute atomic E-state index is 8.57. The van der Waals surface area contributed by atoms with Gasteiger partial charge < -0.3 is 5.11 Å². The molecule has 1 nitrogen and oxygen atoms in total. The van der Waals surface area contributed by atoms with Gasteiger partial charge in [-0.1, -0.05) is 38.8 Å². The molecule has 0 heterocycles. The molecule has 0 bridgehead atoms. The summed E-state index contributed by atoms with van der Waals surface area (Å²) in [6, 6.07) is 0. The van der Waals surface area contributed by atoms with E-state index in [2.05, 4.69) is 20.8 Å². The van der Waals surface area contributed by atoms with Crippen molar-refractivity contribution in [2.75, 3.05) is 0 Å². The molecule has 13 heavy (non-hydrogen) atoms. The maximum atomic E-state index is 8.57. The SMILES string of the molecule is CCCC(CC)C(=CC=CO)CC. The summed E-state index contributed by atoms with van der Waals surface area (Å²) >= 11 is 0. The van der Waals surface area contributed by atoms with Crippen molar-refractivity contribution in [3.63, 3.8) is 0 Å². The Hall–Kier alpha value is -0.720. The highest BCUT2D eigenvalue weighted by Crippen LogP contribution is 2.23. The van der Waals surface area contributed by atoms with Crippen LogP contribution in [0.4, 0.5) is 0 Å². The molecule has 1 atom stereocenters. The number of aliphatic hydroxyl groups is 1. The minimum absolute atomic E-state index is 0.700. The normalized spacial score (nSPS) is 15.2. The predicted octanol–water partition coefficient (Wildman–Crippen LogP) is 4.22. The predicted molar refractivity (Wildman–Crippen MR) is 58.8 cm³/mol. The highest BCUT2D eigenvalue weighted by atomic mass is 16.2. The molecule has 0 saturated heterocycles. The third-order valence-electron chi connectivity index (χ3n) is 2.46. The summed E-state index contributed by atoms with van der Waals surface area (Å²) in [6.45, 7) is 6.62. The Morgan fingerprint density at radius 2 is 2.00 bits per heavy atom. The van der Waals surface area contributed by atoms with E-state index in [1.54, 1.807) is 6.08 Å². The molecule has 1 heteroatoms. The highest BCUT2D eigenvalue weighted by molar-refractivity contribution is 5.13. The smallest absolute Gasteiger partial charge is 0.0791 e. The zero-order valence-electron chi connectivity index (χ0n) is 9.09. The van der Waals surface area contributed by atoms with Gasteiger partial charge in [0.1, 0.15) is 0 Å². The van der Waals surface area contributed by atoms with E-state index in [0.717, 1.165) is 12.7 Å². The first kappa shape index (κ1) is 12.3. The van der Waals surface area contributed by atoms with Crippen molar-refractivity contribution in [2.24, 2.45) is 5.92 Å². The van der Waals surface area contributed by atoms with Gasteiger partial charge in [-0.2, -0.15) is 0 Å². The standard InChI is InChI=1S/C12H22O/c1-4-8-11(5-2)12(6-3)9-7-10-13/h7,9-11,13H,4-6,8H2,1-3H3. The molecule has 0 aromatic rings. The van der Waals surface area contributed by atoms with E-state index in [1.807, 2.05) is 6.08 Å². The van der Waals surface area contributed by atoms with Crippen molar-refractivity contribution in [3.8, 4) is 0 Å². The average Bonchev–Trinajstić information content (AvgIpc) is 2.17. The van der Waals surface area contributed by atoms with Gasteiger partial charge in [0.25, 0.3) is 0 Å². The lowest BCUT2D eigenvalue weighted by atomic mass is 9.90. The highest BCUT2D eigenvalue weighted by Gasteiger charge is 2.08. The topological polar surface area (TPSA) is 20.2 Å². The largest absolute Gasteiger partial charge is 0.516 e. The quantitative estimate of drug-likeness (QED) is 0.481. The van der Waals surface area contributed by atoms with E-state index in [-0.39, 0.29) is 0 Å². The molecule has 0 saturated carbocycles.